The Morgan fingerprint density at radius 1 is 1.25 bits per heavy atom. The lowest BCUT2D eigenvalue weighted by molar-refractivity contribution is 0.588. The minimum absolute atomic E-state index is 0.0274. The van der Waals surface area contributed by atoms with Crippen molar-refractivity contribution in [2.45, 2.75) is 4.90 Å². The molecule has 1 aromatic rings. The van der Waals surface area contributed by atoms with Crippen molar-refractivity contribution >= 4 is 56.0 Å². The molecule has 16 heavy (non-hydrogen) atoms. The van der Waals surface area contributed by atoms with Crippen LogP contribution in [0.4, 0.5) is 11.4 Å². The molecule has 0 radical (unpaired) electrons. The Hall–Kier alpha value is -0.470. The van der Waals surface area contributed by atoms with E-state index in [1.165, 1.54) is 13.1 Å². The maximum Gasteiger partial charge on any atom is 0.244 e. The van der Waals surface area contributed by atoms with Gasteiger partial charge < -0.3 is 0 Å². The van der Waals surface area contributed by atoms with Crippen molar-refractivity contribution in [2.24, 2.45) is 8.73 Å². The minimum Gasteiger partial charge on any atom is -0.214 e. The molecular formula is C7H5Cl2N3O2S2. The molecule has 0 amide bonds. The van der Waals surface area contributed by atoms with Gasteiger partial charge in [-0.1, -0.05) is 23.2 Å². The Bertz CT molecular complexity index is 636. The van der Waals surface area contributed by atoms with E-state index in [4.69, 9.17) is 23.2 Å². The standard InChI is InChI=1S/C7H5Cl2N3O2S2/c1-10-16(13,14)7-4(9)2-3(8)5-6(7)12-15-11-5/h2,10H,1H3. The van der Waals surface area contributed by atoms with Crippen LogP contribution < -0.4 is 4.72 Å². The zero-order valence-electron chi connectivity index (χ0n) is 7.86. The average molecular weight is 298 g/mol. The monoisotopic (exact) mass is 297 g/mol. The van der Waals surface area contributed by atoms with Gasteiger partial charge in [-0.15, -0.1) is 0 Å². The van der Waals surface area contributed by atoms with Gasteiger partial charge in [0.1, 0.15) is 16.3 Å². The topological polar surface area (TPSA) is 70.9 Å². The molecule has 9 heteroatoms. The Balaban J connectivity index is 2.84. The third kappa shape index (κ3) is 1.78. The van der Waals surface area contributed by atoms with Crippen molar-refractivity contribution in [1.29, 1.82) is 0 Å². The van der Waals surface area contributed by atoms with Crippen molar-refractivity contribution in [3.63, 3.8) is 0 Å². The Morgan fingerprint density at radius 2 is 1.88 bits per heavy atom. The molecule has 0 fully saturated rings. The summed E-state index contributed by atoms with van der Waals surface area (Å²) >= 11 is 12.6. The predicted molar refractivity (Wildman–Crippen MR) is 64.2 cm³/mol. The van der Waals surface area contributed by atoms with E-state index < -0.39 is 10.0 Å². The van der Waals surface area contributed by atoms with Crippen LogP contribution >= 0.6 is 23.2 Å². The highest BCUT2D eigenvalue weighted by Gasteiger charge is 2.27. The molecule has 1 heterocycles. The number of rotatable bonds is 2. The predicted octanol–water partition coefficient (Wildman–Crippen LogP) is 2.63. The highest BCUT2D eigenvalue weighted by atomic mass is 35.5. The van der Waals surface area contributed by atoms with Gasteiger partial charge in [-0.05, 0) is 13.1 Å². The lowest BCUT2D eigenvalue weighted by atomic mass is 10.3. The molecule has 0 saturated heterocycles. The van der Waals surface area contributed by atoms with Crippen LogP contribution in [0.3, 0.4) is 0 Å². The van der Waals surface area contributed by atoms with Gasteiger partial charge in [0.2, 0.25) is 10.0 Å². The molecule has 1 aliphatic rings. The molecule has 1 aromatic carbocycles. The molecule has 1 aliphatic heterocycles. The summed E-state index contributed by atoms with van der Waals surface area (Å²) in [5, 5.41) is 0.309. The first-order valence-corrected chi connectivity index (χ1v) is 6.98. The summed E-state index contributed by atoms with van der Waals surface area (Å²) < 4.78 is 33.5. The molecule has 0 atom stereocenters. The second-order valence-corrected chi connectivity index (χ2v) is 6.00. The Labute approximate surface area is 106 Å². The third-order valence-electron chi connectivity index (χ3n) is 1.94. The molecule has 0 bridgehead atoms. The van der Waals surface area contributed by atoms with Crippen LogP contribution in [0, 0.1) is 0 Å². The quantitative estimate of drug-likeness (QED) is 0.925. The van der Waals surface area contributed by atoms with E-state index in [9.17, 15) is 8.42 Å². The SMILES string of the molecule is CNS(=O)(=O)c1c(Cl)cc(Cl)c2c1N=S=N2. The van der Waals surface area contributed by atoms with Gasteiger partial charge in [0.25, 0.3) is 0 Å². The van der Waals surface area contributed by atoms with Crippen molar-refractivity contribution < 1.29 is 8.42 Å². The van der Waals surface area contributed by atoms with Crippen LogP contribution in [-0.4, -0.2) is 15.5 Å². The van der Waals surface area contributed by atoms with Crippen molar-refractivity contribution in [1.82, 2.24) is 4.72 Å². The molecule has 0 unspecified atom stereocenters. The van der Waals surface area contributed by atoms with Crippen LogP contribution in [-0.2, 0) is 21.4 Å². The summed E-state index contributed by atoms with van der Waals surface area (Å²) in [6, 6.07) is 1.34. The first kappa shape index (κ1) is 12.0. The number of fused-ring (bicyclic) bond motifs is 1. The normalized spacial score (nSPS) is 13.7. The van der Waals surface area contributed by atoms with E-state index in [-0.39, 0.29) is 20.6 Å². The number of nitrogens with one attached hydrogen (secondary N) is 1. The molecular weight excluding hydrogens is 293 g/mol. The molecule has 5 nitrogen and oxygen atoms in total. The number of hydrogen-bond acceptors (Lipinski definition) is 4. The van der Waals surface area contributed by atoms with Crippen LogP contribution in [0.2, 0.25) is 10.0 Å². The number of hydrogen-bond donors (Lipinski definition) is 1. The lowest BCUT2D eigenvalue weighted by Gasteiger charge is -2.08. The van der Waals surface area contributed by atoms with Gasteiger partial charge >= 0.3 is 0 Å². The fraction of sp³-hybridized carbons (Fsp3) is 0.143. The third-order valence-corrected chi connectivity index (χ3v) is 4.65. The number of benzene rings is 1. The Morgan fingerprint density at radius 3 is 2.50 bits per heavy atom. The summed E-state index contributed by atoms with van der Waals surface area (Å²) in [5.74, 6) is 0. The first-order chi connectivity index (χ1) is 7.47. The van der Waals surface area contributed by atoms with Crippen molar-refractivity contribution in [3.05, 3.63) is 16.1 Å². The molecule has 0 aromatic heterocycles. The molecule has 0 saturated carbocycles. The summed E-state index contributed by atoms with van der Waals surface area (Å²) in [5.41, 5.74) is 0.529. The fourth-order valence-electron chi connectivity index (χ4n) is 1.21. The maximum atomic E-state index is 11.7. The van der Waals surface area contributed by atoms with E-state index >= 15 is 0 Å². The molecule has 1 N–H and O–H groups in total. The van der Waals surface area contributed by atoms with Gasteiger partial charge in [0, 0.05) is 0 Å². The Kier molecular flexibility index (Phi) is 3.06. The zero-order chi connectivity index (χ0) is 11.9. The van der Waals surface area contributed by atoms with Gasteiger partial charge in [0.15, 0.2) is 0 Å². The second-order valence-electron chi connectivity index (χ2n) is 2.84. The molecule has 86 valence electrons. The second kappa shape index (κ2) is 4.08. The van der Waals surface area contributed by atoms with Gasteiger partial charge in [0.05, 0.1) is 21.4 Å². The highest BCUT2D eigenvalue weighted by molar-refractivity contribution is 7.89. The van der Waals surface area contributed by atoms with Crippen molar-refractivity contribution in [2.75, 3.05) is 7.05 Å². The average Bonchev–Trinajstić information content (AvgIpc) is 2.66. The zero-order valence-corrected chi connectivity index (χ0v) is 11.0. The number of sulfonamides is 1. The smallest absolute Gasteiger partial charge is 0.214 e. The van der Waals surface area contributed by atoms with E-state index in [1.54, 1.807) is 0 Å². The minimum atomic E-state index is -3.68. The molecule has 0 aliphatic carbocycles. The fourth-order valence-corrected chi connectivity index (χ4v) is 3.60. The van der Waals surface area contributed by atoms with E-state index in [0.717, 1.165) is 11.4 Å². The van der Waals surface area contributed by atoms with E-state index in [1.807, 2.05) is 0 Å². The number of nitrogens with zero attached hydrogens (tertiary/aromatic N) is 2. The summed E-state index contributed by atoms with van der Waals surface area (Å²) in [6.45, 7) is 0. The molecule has 0 spiro atoms. The van der Waals surface area contributed by atoms with E-state index in [2.05, 4.69) is 13.4 Å². The van der Waals surface area contributed by atoms with Gasteiger partial charge in [-0.2, -0.15) is 8.73 Å². The highest BCUT2D eigenvalue weighted by Crippen LogP contribution is 2.46. The van der Waals surface area contributed by atoms with Crippen LogP contribution in [0.5, 0.6) is 0 Å². The van der Waals surface area contributed by atoms with Gasteiger partial charge in [-0.25, -0.2) is 13.1 Å². The maximum absolute atomic E-state index is 11.7. The number of halogens is 2. The van der Waals surface area contributed by atoms with Crippen LogP contribution in [0.1, 0.15) is 0 Å². The first-order valence-electron chi connectivity index (χ1n) is 4.01. The summed E-state index contributed by atoms with van der Waals surface area (Å²) in [4.78, 5) is -0.0928. The summed E-state index contributed by atoms with van der Waals surface area (Å²) in [6.07, 6.45) is 0. The lowest BCUT2D eigenvalue weighted by Crippen LogP contribution is -2.19. The summed E-state index contributed by atoms with van der Waals surface area (Å²) in [7, 11) is -2.38. The molecule has 2 rings (SSSR count). The van der Waals surface area contributed by atoms with E-state index in [0.29, 0.717) is 5.69 Å². The largest absolute Gasteiger partial charge is 0.244 e. The van der Waals surface area contributed by atoms with Crippen LogP contribution in [0.25, 0.3) is 0 Å². The van der Waals surface area contributed by atoms with Crippen molar-refractivity contribution in [3.8, 4) is 0 Å². The van der Waals surface area contributed by atoms with Crippen LogP contribution in [0.15, 0.2) is 19.7 Å². The van der Waals surface area contributed by atoms with Gasteiger partial charge in [-0.3, -0.25) is 0 Å².